The number of hydrogen-bond acceptors (Lipinski definition) is 3. The van der Waals surface area contributed by atoms with Crippen LogP contribution in [0.15, 0.2) is 53.5 Å². The molecule has 0 spiro atoms. The summed E-state index contributed by atoms with van der Waals surface area (Å²) >= 11 is 1.31. The quantitative estimate of drug-likeness (QED) is 0.707. The summed E-state index contributed by atoms with van der Waals surface area (Å²) in [5.74, 6) is -0.0330. The molecule has 0 aliphatic carbocycles. The molecule has 1 amide bonds. The highest BCUT2D eigenvalue weighted by atomic mass is 32.1. The molecule has 0 saturated heterocycles. The van der Waals surface area contributed by atoms with Gasteiger partial charge in [0.15, 0.2) is 11.4 Å². The Morgan fingerprint density at radius 1 is 1.25 bits per heavy atom. The van der Waals surface area contributed by atoms with Crippen molar-refractivity contribution < 1.29 is 13.9 Å². The predicted octanol–water partition coefficient (Wildman–Crippen LogP) is 3.76. The molecule has 0 N–H and O–H groups in total. The van der Waals surface area contributed by atoms with Crippen molar-refractivity contribution in [1.29, 1.82) is 0 Å². The van der Waals surface area contributed by atoms with Gasteiger partial charge in [-0.3, -0.25) is 4.79 Å². The fourth-order valence-corrected chi connectivity index (χ4v) is 3.47. The van der Waals surface area contributed by atoms with Crippen LogP contribution in [0.2, 0.25) is 0 Å². The Bertz CT molecular complexity index is 916. The molecule has 0 saturated carbocycles. The molecule has 3 rings (SSSR count). The molecule has 0 unspecified atom stereocenters. The second-order valence-corrected chi connectivity index (χ2v) is 6.26. The smallest absolute Gasteiger partial charge is 0.286 e. The number of carbonyl (C=O) groups excluding carboxylic acids is 1. The average Bonchev–Trinajstić information content (AvgIpc) is 2.91. The molecule has 24 heavy (non-hydrogen) atoms. The molecule has 0 aliphatic rings. The normalized spacial score (nSPS) is 11.8. The van der Waals surface area contributed by atoms with Crippen LogP contribution < -0.4 is 9.54 Å². The number of nitrogens with zero attached hydrogens (tertiary/aromatic N) is 2. The van der Waals surface area contributed by atoms with E-state index in [1.165, 1.54) is 23.5 Å². The number of thiazole rings is 1. The third-order valence-corrected chi connectivity index (χ3v) is 4.46. The highest BCUT2D eigenvalue weighted by Gasteiger charge is 2.09. The Hall–Kier alpha value is -2.47. The van der Waals surface area contributed by atoms with E-state index in [1.807, 2.05) is 29.7 Å². The Balaban J connectivity index is 1.88. The van der Waals surface area contributed by atoms with E-state index in [2.05, 4.69) is 4.99 Å². The minimum absolute atomic E-state index is 0.126. The van der Waals surface area contributed by atoms with Gasteiger partial charge >= 0.3 is 0 Å². The lowest BCUT2D eigenvalue weighted by Gasteiger charge is -2.03. The molecule has 0 radical (unpaired) electrons. The predicted molar refractivity (Wildman–Crippen MR) is 92.6 cm³/mol. The molecule has 4 nitrogen and oxygen atoms in total. The lowest BCUT2D eigenvalue weighted by molar-refractivity contribution is -0.120. The molecule has 0 atom stereocenters. The van der Waals surface area contributed by atoms with Gasteiger partial charge in [-0.25, -0.2) is 4.39 Å². The summed E-state index contributed by atoms with van der Waals surface area (Å²) in [6.07, 6.45) is 0.894. The number of aromatic nitrogens is 1. The number of benzene rings is 2. The Kier molecular flexibility index (Phi) is 5.05. The molecule has 0 aliphatic heterocycles. The molecule has 3 aromatic rings. The van der Waals surface area contributed by atoms with Crippen LogP contribution in [-0.2, 0) is 11.3 Å². The Morgan fingerprint density at radius 3 is 2.79 bits per heavy atom. The van der Waals surface area contributed by atoms with Crippen LogP contribution in [0.3, 0.4) is 0 Å². The SMILES string of the molecule is CCCn1c(=NC(=O)COc2ccccc2)sc2cc(F)ccc21. The minimum atomic E-state index is -0.365. The lowest BCUT2D eigenvalue weighted by Crippen LogP contribution is -2.19. The maximum absolute atomic E-state index is 13.4. The third-order valence-electron chi connectivity index (χ3n) is 3.42. The number of hydrogen-bond donors (Lipinski definition) is 0. The lowest BCUT2D eigenvalue weighted by atomic mass is 10.3. The number of aryl methyl sites for hydroxylation is 1. The topological polar surface area (TPSA) is 43.6 Å². The highest BCUT2D eigenvalue weighted by Crippen LogP contribution is 2.19. The first-order valence-electron chi connectivity index (χ1n) is 7.71. The van der Waals surface area contributed by atoms with E-state index < -0.39 is 0 Å². The van der Waals surface area contributed by atoms with E-state index in [9.17, 15) is 9.18 Å². The number of rotatable bonds is 5. The van der Waals surface area contributed by atoms with Crippen LogP contribution in [0.1, 0.15) is 13.3 Å². The molecule has 124 valence electrons. The Labute approximate surface area is 142 Å². The largest absolute Gasteiger partial charge is 0.484 e. The van der Waals surface area contributed by atoms with E-state index >= 15 is 0 Å². The van der Waals surface area contributed by atoms with Crippen molar-refractivity contribution in [1.82, 2.24) is 4.57 Å². The van der Waals surface area contributed by atoms with Crippen molar-refractivity contribution in [2.75, 3.05) is 6.61 Å². The first kappa shape index (κ1) is 16.4. The third kappa shape index (κ3) is 3.71. The summed E-state index contributed by atoms with van der Waals surface area (Å²) in [6, 6.07) is 13.7. The fourth-order valence-electron chi connectivity index (χ4n) is 2.37. The van der Waals surface area contributed by atoms with Gasteiger partial charge in [0, 0.05) is 6.54 Å². The van der Waals surface area contributed by atoms with Crippen LogP contribution >= 0.6 is 11.3 Å². The van der Waals surface area contributed by atoms with Gasteiger partial charge in [0.2, 0.25) is 0 Å². The van der Waals surface area contributed by atoms with Crippen molar-refractivity contribution >= 4 is 27.5 Å². The molecule has 2 aromatic carbocycles. The van der Waals surface area contributed by atoms with Gasteiger partial charge in [-0.1, -0.05) is 36.5 Å². The first-order chi connectivity index (χ1) is 11.7. The molecule has 1 heterocycles. The highest BCUT2D eigenvalue weighted by molar-refractivity contribution is 7.16. The van der Waals surface area contributed by atoms with Gasteiger partial charge in [0.1, 0.15) is 11.6 Å². The average molecular weight is 344 g/mol. The summed E-state index contributed by atoms with van der Waals surface area (Å²) in [4.78, 5) is 16.8. The van der Waals surface area contributed by atoms with Crippen LogP contribution in [0.4, 0.5) is 4.39 Å². The maximum atomic E-state index is 13.4. The van der Waals surface area contributed by atoms with Crippen molar-refractivity contribution in [3.05, 3.63) is 59.1 Å². The molecular formula is C18H17FN2O2S. The van der Waals surface area contributed by atoms with Gasteiger partial charge < -0.3 is 9.30 Å². The molecule has 0 fully saturated rings. The van der Waals surface area contributed by atoms with E-state index in [-0.39, 0.29) is 18.3 Å². The van der Waals surface area contributed by atoms with Crippen molar-refractivity contribution in [2.45, 2.75) is 19.9 Å². The number of para-hydroxylation sites is 1. The number of halogens is 1. The summed E-state index contributed by atoms with van der Waals surface area (Å²) in [5, 5.41) is 0. The van der Waals surface area contributed by atoms with Gasteiger partial charge in [0.25, 0.3) is 5.91 Å². The molecule has 6 heteroatoms. The fraction of sp³-hybridized carbons (Fsp3) is 0.222. The molecular weight excluding hydrogens is 327 g/mol. The van der Waals surface area contributed by atoms with Crippen molar-refractivity contribution in [2.24, 2.45) is 4.99 Å². The van der Waals surface area contributed by atoms with Gasteiger partial charge in [0.05, 0.1) is 10.2 Å². The number of amides is 1. The van der Waals surface area contributed by atoms with Crippen LogP contribution in [0, 0.1) is 5.82 Å². The van der Waals surface area contributed by atoms with Crippen molar-refractivity contribution in [3.63, 3.8) is 0 Å². The van der Waals surface area contributed by atoms with Crippen LogP contribution in [0.25, 0.3) is 10.2 Å². The van der Waals surface area contributed by atoms with Crippen molar-refractivity contribution in [3.8, 4) is 5.75 Å². The summed E-state index contributed by atoms with van der Waals surface area (Å²) < 4.78 is 21.6. The van der Waals surface area contributed by atoms with E-state index in [1.54, 1.807) is 18.2 Å². The zero-order chi connectivity index (χ0) is 16.9. The molecule has 1 aromatic heterocycles. The van der Waals surface area contributed by atoms with Crippen LogP contribution in [0.5, 0.6) is 5.75 Å². The second kappa shape index (κ2) is 7.40. The van der Waals surface area contributed by atoms with Gasteiger partial charge in [-0.15, -0.1) is 0 Å². The van der Waals surface area contributed by atoms with Gasteiger partial charge in [-0.2, -0.15) is 4.99 Å². The summed E-state index contributed by atoms with van der Waals surface area (Å²) in [5.41, 5.74) is 0.888. The summed E-state index contributed by atoms with van der Waals surface area (Å²) in [7, 11) is 0. The Morgan fingerprint density at radius 2 is 2.04 bits per heavy atom. The zero-order valence-electron chi connectivity index (χ0n) is 13.2. The van der Waals surface area contributed by atoms with E-state index in [0.717, 1.165) is 23.2 Å². The number of fused-ring (bicyclic) bond motifs is 1. The minimum Gasteiger partial charge on any atom is -0.484 e. The van der Waals surface area contributed by atoms with Crippen LogP contribution in [-0.4, -0.2) is 17.1 Å². The number of carbonyl (C=O) groups is 1. The van der Waals surface area contributed by atoms with E-state index in [0.29, 0.717) is 10.6 Å². The second-order valence-electron chi connectivity index (χ2n) is 5.26. The molecule has 0 bridgehead atoms. The van der Waals surface area contributed by atoms with E-state index in [4.69, 9.17) is 4.74 Å². The maximum Gasteiger partial charge on any atom is 0.286 e. The van der Waals surface area contributed by atoms with Gasteiger partial charge in [-0.05, 0) is 36.8 Å². The zero-order valence-corrected chi connectivity index (χ0v) is 14.1. The monoisotopic (exact) mass is 344 g/mol. The standard InChI is InChI=1S/C18H17FN2O2S/c1-2-10-21-15-9-8-13(19)11-16(15)24-18(21)20-17(22)12-23-14-6-4-3-5-7-14/h3-9,11H,2,10,12H2,1H3. The summed E-state index contributed by atoms with van der Waals surface area (Å²) in [6.45, 7) is 2.64. The number of ether oxygens (including phenoxy) is 1. The first-order valence-corrected chi connectivity index (χ1v) is 8.53.